The van der Waals surface area contributed by atoms with Gasteiger partial charge in [-0.3, -0.25) is 24.8 Å². The Morgan fingerprint density at radius 3 is 2.49 bits per heavy atom. The molecule has 13 heteroatoms. The number of alkyl halides is 3. The summed E-state index contributed by atoms with van der Waals surface area (Å²) in [5.41, 5.74) is 9.00. The van der Waals surface area contributed by atoms with Crippen LogP contribution < -0.4 is 16.0 Å². The number of nitrogens with zero attached hydrogens (tertiary/aromatic N) is 4. The summed E-state index contributed by atoms with van der Waals surface area (Å²) in [5.74, 6) is -0.309. The van der Waals surface area contributed by atoms with E-state index in [0.29, 0.717) is 56.8 Å². The Labute approximate surface area is 235 Å². The van der Waals surface area contributed by atoms with Gasteiger partial charge in [-0.1, -0.05) is 13.8 Å². The van der Waals surface area contributed by atoms with Crippen molar-refractivity contribution in [2.45, 2.75) is 32.9 Å². The van der Waals surface area contributed by atoms with Crippen LogP contribution in [0.2, 0.25) is 0 Å². The van der Waals surface area contributed by atoms with Crippen LogP contribution in [0.3, 0.4) is 0 Å². The molecule has 0 saturated carbocycles. The van der Waals surface area contributed by atoms with E-state index in [9.17, 15) is 28.1 Å². The van der Waals surface area contributed by atoms with Gasteiger partial charge in [-0.15, -0.1) is 0 Å². The lowest BCUT2D eigenvalue weighted by Crippen LogP contribution is -2.47. The van der Waals surface area contributed by atoms with E-state index < -0.39 is 22.4 Å². The number of ether oxygens (including phenoxy) is 1. The van der Waals surface area contributed by atoms with Crippen molar-refractivity contribution in [3.05, 3.63) is 63.3 Å². The van der Waals surface area contributed by atoms with Gasteiger partial charge in [-0.05, 0) is 48.7 Å². The first kappa shape index (κ1) is 30.0. The minimum absolute atomic E-state index is 0.140. The van der Waals surface area contributed by atoms with Gasteiger partial charge in [-0.2, -0.15) is 13.2 Å². The van der Waals surface area contributed by atoms with E-state index in [1.807, 2.05) is 26.0 Å². The Bertz CT molecular complexity index is 1420. The summed E-state index contributed by atoms with van der Waals surface area (Å²) >= 11 is 0. The molecule has 220 valence electrons. The Hall–Kier alpha value is -3.97. The molecule has 3 N–H and O–H groups in total. The number of aromatic nitrogens is 1. The number of anilines is 3. The van der Waals surface area contributed by atoms with Crippen LogP contribution in [0.4, 0.5) is 35.9 Å². The van der Waals surface area contributed by atoms with Gasteiger partial charge >= 0.3 is 6.18 Å². The van der Waals surface area contributed by atoms with E-state index >= 15 is 0 Å². The fourth-order valence-corrected chi connectivity index (χ4v) is 5.03. The Morgan fingerprint density at radius 2 is 1.85 bits per heavy atom. The van der Waals surface area contributed by atoms with Crippen molar-refractivity contribution >= 4 is 39.6 Å². The van der Waals surface area contributed by atoms with Gasteiger partial charge in [-0.25, -0.2) is 0 Å². The van der Waals surface area contributed by atoms with Crippen molar-refractivity contribution in [3.8, 4) is 0 Å². The number of hydrogen-bond acceptors (Lipinski definition) is 8. The minimum atomic E-state index is -4.66. The highest BCUT2D eigenvalue weighted by Crippen LogP contribution is 2.37. The molecule has 2 heterocycles. The second-order valence-corrected chi connectivity index (χ2v) is 9.78. The average molecular weight is 575 g/mol. The zero-order chi connectivity index (χ0) is 29.7. The molecule has 41 heavy (non-hydrogen) atoms. The molecular formula is C28H33F3N6O4. The van der Waals surface area contributed by atoms with Gasteiger partial charge < -0.3 is 20.7 Å². The molecule has 3 aromatic rings. The molecule has 0 aliphatic carbocycles. The summed E-state index contributed by atoms with van der Waals surface area (Å²) in [6, 6.07) is 8.02. The second-order valence-electron chi connectivity index (χ2n) is 9.78. The SMILES string of the molecule is CCc1nc2ccc(NC(=O)COCCN3CCN(c4ccc(C(F)(F)F)cc4[N+](=O)[O-])CC3)cc2c(N)c1CC. The summed E-state index contributed by atoms with van der Waals surface area (Å²) in [6.07, 6.45) is -3.10. The number of hydrogen-bond donors (Lipinski definition) is 2. The highest BCUT2D eigenvalue weighted by molar-refractivity contribution is 5.98. The third-order valence-corrected chi connectivity index (χ3v) is 7.19. The highest BCUT2D eigenvalue weighted by atomic mass is 19.4. The molecule has 0 atom stereocenters. The Balaban J connectivity index is 1.25. The number of nitrogens with one attached hydrogen (secondary N) is 1. The summed E-state index contributed by atoms with van der Waals surface area (Å²) in [4.78, 5) is 31.6. The number of nitrogen functional groups attached to an aromatic ring is 1. The number of nitro benzene ring substituents is 1. The summed E-state index contributed by atoms with van der Waals surface area (Å²) < 4.78 is 44.5. The minimum Gasteiger partial charge on any atom is -0.398 e. The summed E-state index contributed by atoms with van der Waals surface area (Å²) in [7, 11) is 0. The smallest absolute Gasteiger partial charge is 0.398 e. The van der Waals surface area contributed by atoms with E-state index in [1.54, 1.807) is 11.0 Å². The maximum absolute atomic E-state index is 13.0. The van der Waals surface area contributed by atoms with Gasteiger partial charge in [0.05, 0.1) is 22.6 Å². The maximum atomic E-state index is 13.0. The Kier molecular flexibility index (Phi) is 9.28. The molecule has 10 nitrogen and oxygen atoms in total. The topological polar surface area (TPSA) is 127 Å². The fourth-order valence-electron chi connectivity index (χ4n) is 5.03. The van der Waals surface area contributed by atoms with E-state index in [-0.39, 0.29) is 18.2 Å². The van der Waals surface area contributed by atoms with Crippen molar-refractivity contribution in [2.75, 3.05) is 61.9 Å². The van der Waals surface area contributed by atoms with Gasteiger partial charge in [0.2, 0.25) is 5.91 Å². The number of halogens is 3. The molecule has 1 aliphatic heterocycles. The van der Waals surface area contributed by atoms with Crippen LogP contribution in [0.5, 0.6) is 0 Å². The lowest BCUT2D eigenvalue weighted by molar-refractivity contribution is -0.384. The third-order valence-electron chi connectivity index (χ3n) is 7.19. The number of rotatable bonds is 10. The van der Waals surface area contributed by atoms with E-state index in [4.69, 9.17) is 15.5 Å². The van der Waals surface area contributed by atoms with E-state index in [2.05, 4.69) is 10.2 Å². The van der Waals surface area contributed by atoms with E-state index in [1.165, 1.54) is 0 Å². The quantitative estimate of drug-likeness (QED) is 0.204. The van der Waals surface area contributed by atoms with Crippen LogP contribution in [0, 0.1) is 10.1 Å². The summed E-state index contributed by atoms with van der Waals surface area (Å²) in [5, 5.41) is 15.0. The van der Waals surface area contributed by atoms with Gasteiger partial charge in [0, 0.05) is 61.2 Å². The predicted molar refractivity (Wildman–Crippen MR) is 151 cm³/mol. The Morgan fingerprint density at radius 1 is 1.12 bits per heavy atom. The zero-order valence-electron chi connectivity index (χ0n) is 23.0. The number of nitro groups is 1. The number of benzene rings is 2. The van der Waals surface area contributed by atoms with Crippen LogP contribution in [-0.2, 0) is 28.5 Å². The molecule has 1 aromatic heterocycles. The van der Waals surface area contributed by atoms with Crippen LogP contribution in [0.15, 0.2) is 36.4 Å². The number of fused-ring (bicyclic) bond motifs is 1. The second kappa shape index (κ2) is 12.7. The standard InChI is InChI=1S/C28H33F3N6O4/c1-3-20-22(4-2)34-23-7-6-19(16-21(23)27(20)32)33-26(38)17-41-14-13-35-9-11-36(12-10-35)24-8-5-18(28(29,30)31)15-25(24)37(39)40/h5-8,15-16H,3-4,9-14,17H2,1-2H3,(H2,32,34)(H,33,38). The largest absolute Gasteiger partial charge is 0.416 e. The molecule has 4 rings (SSSR count). The predicted octanol–water partition coefficient (Wildman–Crippen LogP) is 4.65. The van der Waals surface area contributed by atoms with Gasteiger partial charge in [0.1, 0.15) is 12.3 Å². The molecule has 1 aliphatic rings. The third kappa shape index (κ3) is 7.03. The van der Waals surface area contributed by atoms with Crippen LogP contribution >= 0.6 is 0 Å². The van der Waals surface area contributed by atoms with Crippen LogP contribution in [-0.4, -0.2) is 66.7 Å². The number of carbonyl (C=O) groups is 1. The molecule has 0 unspecified atom stereocenters. The first-order valence-electron chi connectivity index (χ1n) is 13.4. The lowest BCUT2D eigenvalue weighted by atomic mass is 10.0. The molecule has 1 saturated heterocycles. The normalized spacial score (nSPS) is 14.4. The molecule has 1 fully saturated rings. The fraction of sp³-hybridized carbons (Fsp3) is 0.429. The highest BCUT2D eigenvalue weighted by Gasteiger charge is 2.34. The zero-order valence-corrected chi connectivity index (χ0v) is 23.0. The van der Waals surface area contributed by atoms with Crippen molar-refractivity contribution in [3.63, 3.8) is 0 Å². The molecule has 0 bridgehead atoms. The van der Waals surface area contributed by atoms with Crippen molar-refractivity contribution in [2.24, 2.45) is 0 Å². The maximum Gasteiger partial charge on any atom is 0.416 e. The number of pyridine rings is 1. The van der Waals surface area contributed by atoms with Gasteiger partial charge in [0.15, 0.2) is 0 Å². The molecule has 1 amide bonds. The molecule has 0 radical (unpaired) electrons. The molecule has 2 aromatic carbocycles. The first-order chi connectivity index (χ1) is 19.5. The monoisotopic (exact) mass is 574 g/mol. The van der Waals surface area contributed by atoms with Crippen molar-refractivity contribution in [1.29, 1.82) is 0 Å². The lowest BCUT2D eigenvalue weighted by Gasteiger charge is -2.35. The van der Waals surface area contributed by atoms with Crippen molar-refractivity contribution < 1.29 is 27.6 Å². The van der Waals surface area contributed by atoms with Gasteiger partial charge in [0.25, 0.3) is 5.69 Å². The molecular weight excluding hydrogens is 541 g/mol. The number of amides is 1. The van der Waals surface area contributed by atoms with Crippen LogP contribution in [0.1, 0.15) is 30.7 Å². The average Bonchev–Trinajstić information content (AvgIpc) is 2.95. The number of aryl methyl sites for hydroxylation is 1. The van der Waals surface area contributed by atoms with Crippen molar-refractivity contribution in [1.82, 2.24) is 9.88 Å². The first-order valence-corrected chi connectivity index (χ1v) is 13.4. The number of nitrogens with two attached hydrogens (primary N) is 1. The number of piperazine rings is 1. The van der Waals surface area contributed by atoms with E-state index in [0.717, 1.165) is 47.1 Å². The molecule has 0 spiro atoms. The number of carbonyl (C=O) groups excluding carboxylic acids is 1. The van der Waals surface area contributed by atoms with Crippen LogP contribution in [0.25, 0.3) is 10.9 Å². The summed E-state index contributed by atoms with van der Waals surface area (Å²) in [6.45, 7) is 6.66.